The number of benzene rings is 9. The maximum atomic E-state index is 9.59. The van der Waals surface area contributed by atoms with Gasteiger partial charge >= 0.3 is 0 Å². The van der Waals surface area contributed by atoms with Crippen LogP contribution in [0.4, 0.5) is 0 Å². The summed E-state index contributed by atoms with van der Waals surface area (Å²) < 4.78 is 82.9. The van der Waals surface area contributed by atoms with Crippen LogP contribution >= 0.6 is 22.7 Å². The van der Waals surface area contributed by atoms with E-state index in [0.29, 0.717) is 28.6 Å². The number of aromatic nitrogens is 3. The number of fused-ring (bicyclic) bond motifs is 8. The smallest absolute Gasteiger partial charge is 0.164 e. The third-order valence-electron chi connectivity index (χ3n) is 10.8. The van der Waals surface area contributed by atoms with Crippen LogP contribution in [0, 0.1) is 0 Å². The summed E-state index contributed by atoms with van der Waals surface area (Å²) in [6.45, 7) is 0. The second-order valence-corrected chi connectivity index (χ2v) is 16.6. The van der Waals surface area contributed by atoms with E-state index >= 15 is 0 Å². The lowest BCUT2D eigenvalue weighted by molar-refractivity contribution is 1.07. The summed E-state index contributed by atoms with van der Waals surface area (Å²) in [6, 6.07) is 45.4. The molecule has 0 radical (unpaired) electrons. The lowest BCUT2D eigenvalue weighted by atomic mass is 9.99. The van der Waals surface area contributed by atoms with Gasteiger partial charge in [-0.3, -0.25) is 0 Å². The minimum Gasteiger partial charge on any atom is -0.208 e. The molecule has 9 aromatic carbocycles. The highest BCUT2D eigenvalue weighted by molar-refractivity contribution is 7.27. The van der Waals surface area contributed by atoms with Gasteiger partial charge in [-0.25, -0.2) is 15.0 Å². The van der Waals surface area contributed by atoms with Crippen molar-refractivity contribution in [3.63, 3.8) is 0 Å². The standard InChI is InChI=1S/C55H33N3S2/c1-3-12-34(13-4-1)37-17-9-19-40(30-37)53-56-54(58-55(57-53)42-26-29-47-50(33-42)59-48-23-11-22-43(51(47)48)35-14-5-2-6-15-35)41-20-10-18-38(31-41)39-25-27-45-46-28-24-36-16-7-8-21-44(36)52(46)60-49(45)32-39/h1-33H/i7D,8D,16D,21D,24D,25D,27D,28D,32D. The Morgan fingerprint density at radius 2 is 0.983 bits per heavy atom. The molecule has 0 unspecified atom stereocenters. The minimum absolute atomic E-state index is 0.0614. The second-order valence-electron chi connectivity index (χ2n) is 14.5. The van der Waals surface area contributed by atoms with Gasteiger partial charge in [0.25, 0.3) is 0 Å². The summed E-state index contributed by atoms with van der Waals surface area (Å²) >= 11 is 2.75. The molecule has 0 atom stereocenters. The van der Waals surface area contributed by atoms with Crippen molar-refractivity contribution in [2.45, 2.75) is 0 Å². The molecule has 3 nitrogen and oxygen atoms in total. The average Bonchev–Trinajstić information content (AvgIpc) is 3.98. The van der Waals surface area contributed by atoms with Gasteiger partial charge in [0.1, 0.15) is 0 Å². The lowest BCUT2D eigenvalue weighted by Crippen LogP contribution is -2.00. The zero-order valence-corrected chi connectivity index (χ0v) is 33.1. The third-order valence-corrected chi connectivity index (χ3v) is 13.0. The van der Waals surface area contributed by atoms with Gasteiger partial charge < -0.3 is 0 Å². The Kier molecular flexibility index (Phi) is 6.31. The van der Waals surface area contributed by atoms with E-state index in [-0.39, 0.29) is 66.7 Å². The fourth-order valence-corrected chi connectivity index (χ4v) is 10.2. The zero-order chi connectivity index (χ0) is 47.4. The van der Waals surface area contributed by atoms with Crippen LogP contribution in [0.25, 0.3) is 119 Å². The maximum Gasteiger partial charge on any atom is 0.164 e. The van der Waals surface area contributed by atoms with Crippen molar-refractivity contribution >= 4 is 73.8 Å². The molecule has 0 bridgehead atoms. The van der Waals surface area contributed by atoms with Gasteiger partial charge in [-0.05, 0) is 74.5 Å². The fourth-order valence-electron chi connectivity index (χ4n) is 7.92. The first-order valence-corrected chi connectivity index (χ1v) is 21.0. The van der Waals surface area contributed by atoms with Gasteiger partial charge in [0.2, 0.25) is 0 Å². The van der Waals surface area contributed by atoms with Gasteiger partial charge in [-0.1, -0.05) is 170 Å². The van der Waals surface area contributed by atoms with Crippen molar-refractivity contribution in [3.05, 3.63) is 200 Å². The van der Waals surface area contributed by atoms with E-state index in [2.05, 4.69) is 72.8 Å². The highest BCUT2D eigenvalue weighted by atomic mass is 32.1. The number of rotatable bonds is 6. The van der Waals surface area contributed by atoms with Crippen LogP contribution in [0.1, 0.15) is 12.3 Å². The molecule has 0 amide bonds. The molecule has 0 spiro atoms. The zero-order valence-electron chi connectivity index (χ0n) is 40.5. The van der Waals surface area contributed by atoms with Crippen molar-refractivity contribution in [3.8, 4) is 67.5 Å². The van der Waals surface area contributed by atoms with E-state index in [0.717, 1.165) is 49.2 Å². The first kappa shape index (κ1) is 26.6. The highest BCUT2D eigenvalue weighted by Gasteiger charge is 2.17. The maximum absolute atomic E-state index is 9.59. The summed E-state index contributed by atoms with van der Waals surface area (Å²) in [4.78, 5) is 15.3. The molecule has 0 aliphatic heterocycles. The van der Waals surface area contributed by atoms with Gasteiger partial charge in [0.05, 0.1) is 12.3 Å². The summed E-state index contributed by atoms with van der Waals surface area (Å²) in [6.07, 6.45) is 0. The molecule has 0 saturated heterocycles. The highest BCUT2D eigenvalue weighted by Crippen LogP contribution is 2.43. The number of thiophene rings is 2. The Hall–Kier alpha value is -7.31. The second kappa shape index (κ2) is 14.2. The Balaban J connectivity index is 1.04. The Bertz CT molecular complexity index is 4140. The molecule has 0 saturated carbocycles. The quantitative estimate of drug-likeness (QED) is 0.168. The van der Waals surface area contributed by atoms with Crippen molar-refractivity contribution in [2.24, 2.45) is 0 Å². The molecule has 0 aliphatic carbocycles. The van der Waals surface area contributed by atoms with E-state index < -0.39 is 24.2 Å². The Morgan fingerprint density at radius 1 is 0.367 bits per heavy atom. The Labute approximate surface area is 367 Å². The summed E-state index contributed by atoms with van der Waals surface area (Å²) in [5.41, 5.74) is 7.15. The predicted octanol–water partition coefficient (Wildman–Crippen LogP) is 15.8. The molecule has 12 rings (SSSR count). The molecule has 5 heteroatoms. The summed E-state index contributed by atoms with van der Waals surface area (Å²) in [7, 11) is 0. The first-order chi connectivity index (χ1) is 33.5. The first-order valence-electron chi connectivity index (χ1n) is 23.9. The van der Waals surface area contributed by atoms with Crippen molar-refractivity contribution < 1.29 is 12.3 Å². The van der Waals surface area contributed by atoms with E-state index in [1.807, 2.05) is 54.6 Å². The lowest BCUT2D eigenvalue weighted by Gasteiger charge is -2.11. The van der Waals surface area contributed by atoms with Crippen LogP contribution in [0.5, 0.6) is 0 Å². The van der Waals surface area contributed by atoms with E-state index in [1.165, 1.54) is 15.6 Å². The van der Waals surface area contributed by atoms with Gasteiger partial charge in [-0.15, -0.1) is 22.7 Å². The van der Waals surface area contributed by atoms with Crippen LogP contribution < -0.4 is 0 Å². The molecule has 12 aromatic rings. The van der Waals surface area contributed by atoms with Crippen LogP contribution in [-0.2, 0) is 0 Å². The molecule has 0 fully saturated rings. The third kappa shape index (κ3) is 5.98. The average molecular weight is 809 g/mol. The van der Waals surface area contributed by atoms with Gasteiger partial charge in [0.15, 0.2) is 17.5 Å². The number of nitrogens with zero attached hydrogens (tertiary/aromatic N) is 3. The summed E-state index contributed by atoms with van der Waals surface area (Å²) in [5, 5.41) is 2.55. The molecule has 3 heterocycles. The van der Waals surface area contributed by atoms with Crippen LogP contribution in [0.3, 0.4) is 0 Å². The molecule has 280 valence electrons. The summed E-state index contributed by atoms with van der Waals surface area (Å²) in [5.74, 6) is 1.27. The van der Waals surface area contributed by atoms with Gasteiger partial charge in [-0.2, -0.15) is 0 Å². The van der Waals surface area contributed by atoms with E-state index in [1.54, 1.807) is 29.5 Å². The number of hydrogen-bond acceptors (Lipinski definition) is 5. The van der Waals surface area contributed by atoms with E-state index in [4.69, 9.17) is 23.2 Å². The normalized spacial score (nSPS) is 13.8. The van der Waals surface area contributed by atoms with Crippen molar-refractivity contribution in [1.82, 2.24) is 15.0 Å². The Morgan fingerprint density at radius 3 is 1.73 bits per heavy atom. The molecule has 60 heavy (non-hydrogen) atoms. The molecule has 0 N–H and O–H groups in total. The molecular weight excluding hydrogens is 767 g/mol. The van der Waals surface area contributed by atoms with Crippen LogP contribution in [-0.4, -0.2) is 15.0 Å². The van der Waals surface area contributed by atoms with Crippen LogP contribution in [0.2, 0.25) is 0 Å². The monoisotopic (exact) mass is 808 g/mol. The number of hydrogen-bond donors (Lipinski definition) is 0. The minimum atomic E-state index is -0.508. The van der Waals surface area contributed by atoms with Crippen LogP contribution in [0.15, 0.2) is 200 Å². The van der Waals surface area contributed by atoms with Gasteiger partial charge in [0, 0.05) is 57.0 Å². The SMILES string of the molecule is [2H]c1c([2H])c([2H])c2c(c1[2H])c([2H])c([2H])c1c2sc2c([2H])c(-c3cccc(-c4nc(-c5cccc(-c6ccccc6)c5)nc(-c5ccc6c(c5)sc5cccc(-c7ccccc7)c56)n4)c3)c([2H])c([2H])c21. The topological polar surface area (TPSA) is 38.7 Å². The molecular formula is C55H33N3S2. The largest absolute Gasteiger partial charge is 0.208 e. The molecule has 0 aliphatic rings. The van der Waals surface area contributed by atoms with Crippen molar-refractivity contribution in [2.75, 3.05) is 0 Å². The molecule has 3 aromatic heterocycles. The van der Waals surface area contributed by atoms with E-state index in [9.17, 15) is 4.11 Å². The predicted molar refractivity (Wildman–Crippen MR) is 256 cm³/mol. The van der Waals surface area contributed by atoms with Crippen molar-refractivity contribution in [1.29, 1.82) is 0 Å². The fraction of sp³-hybridized carbons (Fsp3) is 0.